The van der Waals surface area contributed by atoms with Gasteiger partial charge in [0, 0.05) is 6.07 Å². The van der Waals surface area contributed by atoms with Crippen molar-refractivity contribution in [3.63, 3.8) is 0 Å². The molecule has 0 bridgehead atoms. The molecule has 3 rings (SSSR count). The summed E-state index contributed by atoms with van der Waals surface area (Å²) < 4.78 is 11.4. The van der Waals surface area contributed by atoms with E-state index < -0.39 is 0 Å². The van der Waals surface area contributed by atoms with Crippen molar-refractivity contribution in [2.24, 2.45) is 0 Å². The number of hydrogen-bond acceptors (Lipinski definition) is 3. The molecule has 1 heterocycles. The summed E-state index contributed by atoms with van der Waals surface area (Å²) >= 11 is 0. The molecule has 0 saturated heterocycles. The SMILES string of the molecule is Cc1cc(OC(C)C)cc2occ(-c3ccccc3)c(=O)c12. The van der Waals surface area contributed by atoms with E-state index in [0.717, 1.165) is 16.9 Å². The van der Waals surface area contributed by atoms with Crippen molar-refractivity contribution in [3.8, 4) is 16.9 Å². The van der Waals surface area contributed by atoms with E-state index in [-0.39, 0.29) is 11.5 Å². The maximum atomic E-state index is 12.8. The van der Waals surface area contributed by atoms with Gasteiger partial charge in [-0.3, -0.25) is 4.79 Å². The van der Waals surface area contributed by atoms with Crippen molar-refractivity contribution in [1.82, 2.24) is 0 Å². The van der Waals surface area contributed by atoms with Gasteiger partial charge in [0.05, 0.1) is 17.1 Å². The van der Waals surface area contributed by atoms with Crippen LogP contribution in [0.15, 0.2) is 57.9 Å². The monoisotopic (exact) mass is 294 g/mol. The third-order valence-corrected chi connectivity index (χ3v) is 3.50. The Morgan fingerprint density at radius 2 is 1.82 bits per heavy atom. The molecule has 0 saturated carbocycles. The summed E-state index contributed by atoms with van der Waals surface area (Å²) in [7, 11) is 0. The summed E-state index contributed by atoms with van der Waals surface area (Å²) in [5.74, 6) is 0.718. The molecule has 0 N–H and O–H groups in total. The molecule has 2 aromatic carbocycles. The fourth-order valence-corrected chi connectivity index (χ4v) is 2.57. The lowest BCUT2D eigenvalue weighted by Gasteiger charge is -2.12. The van der Waals surface area contributed by atoms with E-state index in [4.69, 9.17) is 9.15 Å². The summed E-state index contributed by atoms with van der Waals surface area (Å²) in [5.41, 5.74) is 2.84. The molecular formula is C19H18O3. The number of fused-ring (bicyclic) bond motifs is 1. The van der Waals surface area contributed by atoms with Crippen molar-refractivity contribution in [2.45, 2.75) is 26.9 Å². The first-order chi connectivity index (χ1) is 10.6. The smallest absolute Gasteiger partial charge is 0.200 e. The lowest BCUT2D eigenvalue weighted by Crippen LogP contribution is -2.09. The maximum Gasteiger partial charge on any atom is 0.200 e. The summed E-state index contributed by atoms with van der Waals surface area (Å²) in [5, 5.41) is 0.609. The molecule has 0 radical (unpaired) electrons. The molecule has 0 aliphatic heterocycles. The zero-order valence-corrected chi connectivity index (χ0v) is 12.9. The maximum absolute atomic E-state index is 12.8. The topological polar surface area (TPSA) is 39.4 Å². The molecule has 1 aromatic heterocycles. The number of hydrogen-bond donors (Lipinski definition) is 0. The van der Waals surface area contributed by atoms with Crippen LogP contribution in [-0.2, 0) is 0 Å². The quantitative estimate of drug-likeness (QED) is 0.711. The predicted octanol–water partition coefficient (Wildman–Crippen LogP) is 4.56. The first-order valence-electron chi connectivity index (χ1n) is 7.34. The third-order valence-electron chi connectivity index (χ3n) is 3.50. The van der Waals surface area contributed by atoms with Crippen LogP contribution in [0.5, 0.6) is 5.75 Å². The van der Waals surface area contributed by atoms with Gasteiger partial charge in [0.15, 0.2) is 0 Å². The van der Waals surface area contributed by atoms with Gasteiger partial charge in [0.1, 0.15) is 17.6 Å². The first kappa shape index (κ1) is 14.4. The van der Waals surface area contributed by atoms with Crippen LogP contribution in [0.25, 0.3) is 22.1 Å². The molecule has 3 nitrogen and oxygen atoms in total. The molecule has 0 atom stereocenters. The van der Waals surface area contributed by atoms with Gasteiger partial charge < -0.3 is 9.15 Å². The van der Waals surface area contributed by atoms with Gasteiger partial charge in [-0.2, -0.15) is 0 Å². The minimum absolute atomic E-state index is 0.0129. The van der Waals surface area contributed by atoms with Crippen molar-refractivity contribution >= 4 is 11.0 Å². The summed E-state index contributed by atoms with van der Waals surface area (Å²) in [4.78, 5) is 12.8. The number of aryl methyl sites for hydroxylation is 1. The van der Waals surface area contributed by atoms with E-state index >= 15 is 0 Å². The van der Waals surface area contributed by atoms with Crippen molar-refractivity contribution in [1.29, 1.82) is 0 Å². The summed E-state index contributed by atoms with van der Waals surface area (Å²) in [6.07, 6.45) is 1.60. The Hall–Kier alpha value is -2.55. The molecule has 0 amide bonds. The Morgan fingerprint density at radius 1 is 1.09 bits per heavy atom. The van der Waals surface area contributed by atoms with Crippen LogP contribution in [0.4, 0.5) is 0 Å². The standard InChI is InChI=1S/C19H18O3/c1-12(2)22-15-9-13(3)18-17(10-15)21-11-16(19(18)20)14-7-5-4-6-8-14/h4-12H,1-3H3. The summed E-state index contributed by atoms with van der Waals surface area (Å²) in [6, 6.07) is 13.2. The fraction of sp³-hybridized carbons (Fsp3) is 0.211. The van der Waals surface area contributed by atoms with Crippen LogP contribution in [0.1, 0.15) is 19.4 Å². The highest BCUT2D eigenvalue weighted by molar-refractivity contribution is 5.85. The zero-order chi connectivity index (χ0) is 15.7. The van der Waals surface area contributed by atoms with Crippen LogP contribution >= 0.6 is 0 Å². The lowest BCUT2D eigenvalue weighted by atomic mass is 10.0. The Kier molecular flexibility index (Phi) is 3.72. The van der Waals surface area contributed by atoms with Crippen LogP contribution in [0.2, 0.25) is 0 Å². The average Bonchev–Trinajstić information content (AvgIpc) is 2.47. The van der Waals surface area contributed by atoms with Crippen LogP contribution in [0, 0.1) is 6.92 Å². The number of rotatable bonds is 3. The zero-order valence-electron chi connectivity index (χ0n) is 12.9. The van der Waals surface area contributed by atoms with Crippen molar-refractivity contribution < 1.29 is 9.15 Å². The van der Waals surface area contributed by atoms with Gasteiger partial charge in [-0.25, -0.2) is 0 Å². The van der Waals surface area contributed by atoms with Crippen LogP contribution < -0.4 is 10.2 Å². The second kappa shape index (κ2) is 5.68. The minimum Gasteiger partial charge on any atom is -0.491 e. The van der Waals surface area contributed by atoms with E-state index in [1.54, 1.807) is 6.07 Å². The minimum atomic E-state index is -0.0129. The molecule has 22 heavy (non-hydrogen) atoms. The molecule has 0 spiro atoms. The average molecular weight is 294 g/mol. The molecule has 0 aliphatic rings. The molecule has 0 aliphatic carbocycles. The van der Waals surface area contributed by atoms with Gasteiger partial charge >= 0.3 is 0 Å². The van der Waals surface area contributed by atoms with E-state index in [9.17, 15) is 4.79 Å². The van der Waals surface area contributed by atoms with E-state index in [0.29, 0.717) is 16.5 Å². The Bertz CT molecular complexity index is 861. The van der Waals surface area contributed by atoms with Crippen LogP contribution in [-0.4, -0.2) is 6.10 Å². The van der Waals surface area contributed by atoms with Gasteiger partial charge in [0.2, 0.25) is 5.43 Å². The van der Waals surface area contributed by atoms with Crippen LogP contribution in [0.3, 0.4) is 0 Å². The van der Waals surface area contributed by atoms with E-state index in [1.165, 1.54) is 6.26 Å². The molecule has 3 heteroatoms. The van der Waals surface area contributed by atoms with Gasteiger partial charge in [-0.05, 0) is 38.0 Å². The van der Waals surface area contributed by atoms with Gasteiger partial charge in [0.25, 0.3) is 0 Å². The third kappa shape index (κ3) is 2.62. The molecule has 3 aromatic rings. The van der Waals surface area contributed by atoms with Gasteiger partial charge in [-0.15, -0.1) is 0 Å². The molecule has 0 unspecified atom stereocenters. The number of ether oxygens (including phenoxy) is 1. The van der Waals surface area contributed by atoms with Crippen molar-refractivity contribution in [3.05, 3.63) is 64.5 Å². The second-order valence-corrected chi connectivity index (χ2v) is 5.62. The number of benzene rings is 2. The Morgan fingerprint density at radius 3 is 2.50 bits per heavy atom. The van der Waals surface area contributed by atoms with Gasteiger partial charge in [-0.1, -0.05) is 30.3 Å². The highest BCUT2D eigenvalue weighted by Gasteiger charge is 2.13. The lowest BCUT2D eigenvalue weighted by molar-refractivity contribution is 0.242. The van der Waals surface area contributed by atoms with Crippen molar-refractivity contribution in [2.75, 3.05) is 0 Å². The highest BCUT2D eigenvalue weighted by atomic mass is 16.5. The molecule has 0 fully saturated rings. The highest BCUT2D eigenvalue weighted by Crippen LogP contribution is 2.26. The fourth-order valence-electron chi connectivity index (χ4n) is 2.57. The Balaban J connectivity index is 2.20. The second-order valence-electron chi connectivity index (χ2n) is 5.62. The van der Waals surface area contributed by atoms with E-state index in [2.05, 4.69) is 0 Å². The first-order valence-corrected chi connectivity index (χ1v) is 7.34. The Labute approximate surface area is 129 Å². The summed E-state index contributed by atoms with van der Waals surface area (Å²) in [6.45, 7) is 5.84. The van der Waals surface area contributed by atoms with E-state index in [1.807, 2.05) is 57.2 Å². The normalized spacial score (nSPS) is 11.1. The largest absolute Gasteiger partial charge is 0.491 e. The predicted molar refractivity (Wildman–Crippen MR) is 88.4 cm³/mol. The molecule has 112 valence electrons. The molecular weight excluding hydrogens is 276 g/mol.